The van der Waals surface area contributed by atoms with Crippen molar-refractivity contribution >= 4 is 40.9 Å². The van der Waals surface area contributed by atoms with Crippen molar-refractivity contribution in [2.75, 3.05) is 19.3 Å². The molecule has 0 bridgehead atoms. The molecule has 0 radical (unpaired) electrons. The summed E-state index contributed by atoms with van der Waals surface area (Å²) in [5.74, 6) is 2.24. The van der Waals surface area contributed by atoms with Crippen molar-refractivity contribution in [3.63, 3.8) is 0 Å². The average molecular weight is 290 g/mol. The number of rotatable bonds is 5. The number of nitriles is 1. The van der Waals surface area contributed by atoms with Gasteiger partial charge >= 0.3 is 0 Å². The first-order valence-corrected chi connectivity index (χ1v) is 7.11. The Balaban J connectivity index is 2.11. The quantitative estimate of drug-likeness (QED) is 0.284. The van der Waals surface area contributed by atoms with E-state index in [0.29, 0.717) is 5.96 Å². The molecule has 0 aliphatic heterocycles. The van der Waals surface area contributed by atoms with E-state index < -0.39 is 0 Å². The summed E-state index contributed by atoms with van der Waals surface area (Å²) >= 11 is 8.83. The topological polar surface area (TPSA) is 73.1 Å². The van der Waals surface area contributed by atoms with Crippen LogP contribution in [0.15, 0.2) is 11.1 Å². The Labute approximate surface area is 113 Å². The SMILES string of the molecule is CN=C(NC#N)NCCSCc1cc(Cl)sn1. The van der Waals surface area contributed by atoms with Gasteiger partial charge in [0.2, 0.25) is 5.96 Å². The van der Waals surface area contributed by atoms with Crippen LogP contribution in [0.3, 0.4) is 0 Å². The van der Waals surface area contributed by atoms with Crippen LogP contribution in [0.4, 0.5) is 0 Å². The van der Waals surface area contributed by atoms with Crippen molar-refractivity contribution in [2.24, 2.45) is 4.99 Å². The Morgan fingerprint density at radius 2 is 2.59 bits per heavy atom. The van der Waals surface area contributed by atoms with Crippen molar-refractivity contribution in [1.82, 2.24) is 15.0 Å². The molecule has 0 aliphatic rings. The van der Waals surface area contributed by atoms with Crippen LogP contribution in [0, 0.1) is 11.5 Å². The van der Waals surface area contributed by atoms with Crippen molar-refractivity contribution in [3.05, 3.63) is 16.1 Å². The lowest BCUT2D eigenvalue weighted by atomic mass is 10.5. The van der Waals surface area contributed by atoms with E-state index in [1.54, 1.807) is 18.8 Å². The Hall–Kier alpha value is -0.970. The zero-order valence-electron chi connectivity index (χ0n) is 9.23. The molecule has 92 valence electrons. The molecule has 17 heavy (non-hydrogen) atoms. The first-order valence-electron chi connectivity index (χ1n) is 4.81. The summed E-state index contributed by atoms with van der Waals surface area (Å²) in [6.45, 7) is 0.740. The molecule has 0 aromatic carbocycles. The van der Waals surface area contributed by atoms with Gasteiger partial charge in [0.15, 0.2) is 6.19 Å². The molecule has 0 spiro atoms. The number of nitrogens with zero attached hydrogens (tertiary/aromatic N) is 3. The third-order valence-electron chi connectivity index (χ3n) is 1.72. The fourth-order valence-corrected chi connectivity index (χ4v) is 2.57. The number of aliphatic imine (C=N–C) groups is 1. The highest BCUT2D eigenvalue weighted by Gasteiger charge is 2.00. The van der Waals surface area contributed by atoms with Gasteiger partial charge in [0.25, 0.3) is 0 Å². The molecule has 0 saturated carbocycles. The number of aromatic nitrogens is 1. The van der Waals surface area contributed by atoms with E-state index in [2.05, 4.69) is 20.0 Å². The van der Waals surface area contributed by atoms with Crippen LogP contribution >= 0.6 is 34.9 Å². The third kappa shape index (κ3) is 5.77. The summed E-state index contributed by atoms with van der Waals surface area (Å²) in [5, 5.41) is 13.9. The molecule has 0 atom stereocenters. The molecule has 8 heteroatoms. The molecular weight excluding hydrogens is 278 g/mol. The van der Waals surface area contributed by atoms with Crippen molar-refractivity contribution in [3.8, 4) is 6.19 Å². The molecule has 0 aliphatic carbocycles. The van der Waals surface area contributed by atoms with Crippen LogP contribution in [0.1, 0.15) is 5.69 Å². The second-order valence-electron chi connectivity index (χ2n) is 2.91. The van der Waals surface area contributed by atoms with E-state index in [4.69, 9.17) is 16.9 Å². The van der Waals surface area contributed by atoms with E-state index in [9.17, 15) is 0 Å². The summed E-state index contributed by atoms with van der Waals surface area (Å²) in [6, 6.07) is 1.88. The maximum Gasteiger partial charge on any atom is 0.204 e. The highest BCUT2D eigenvalue weighted by atomic mass is 35.5. The number of nitrogens with one attached hydrogen (secondary N) is 2. The van der Waals surface area contributed by atoms with Crippen molar-refractivity contribution < 1.29 is 0 Å². The van der Waals surface area contributed by atoms with Crippen LogP contribution in [0.2, 0.25) is 4.34 Å². The van der Waals surface area contributed by atoms with Crippen LogP contribution in [0.25, 0.3) is 0 Å². The molecule has 2 N–H and O–H groups in total. The van der Waals surface area contributed by atoms with Gasteiger partial charge in [-0.3, -0.25) is 10.3 Å². The van der Waals surface area contributed by atoms with Crippen LogP contribution in [-0.4, -0.2) is 29.7 Å². The van der Waals surface area contributed by atoms with Crippen LogP contribution in [0.5, 0.6) is 0 Å². The lowest BCUT2D eigenvalue weighted by molar-refractivity contribution is 0.931. The summed E-state index contributed by atoms with van der Waals surface area (Å²) in [6.07, 6.45) is 1.81. The molecule has 1 aromatic heterocycles. The van der Waals surface area contributed by atoms with Gasteiger partial charge in [0.1, 0.15) is 4.34 Å². The second kappa shape index (κ2) is 8.17. The van der Waals surface area contributed by atoms with Gasteiger partial charge in [-0.1, -0.05) is 11.6 Å². The average Bonchev–Trinajstić information content (AvgIpc) is 2.73. The molecule has 1 rings (SSSR count). The Morgan fingerprint density at radius 3 is 3.18 bits per heavy atom. The summed E-state index contributed by atoms with van der Waals surface area (Å²) in [4.78, 5) is 3.87. The first-order chi connectivity index (χ1) is 8.26. The molecular formula is C9H12ClN5S2. The highest BCUT2D eigenvalue weighted by Crippen LogP contribution is 2.19. The highest BCUT2D eigenvalue weighted by molar-refractivity contribution is 7.98. The molecule has 0 unspecified atom stereocenters. The second-order valence-corrected chi connectivity index (χ2v) is 5.45. The first kappa shape index (κ1) is 14.1. The summed E-state index contributed by atoms with van der Waals surface area (Å²) in [5.41, 5.74) is 1.00. The summed E-state index contributed by atoms with van der Waals surface area (Å²) in [7, 11) is 1.62. The molecule has 0 amide bonds. The lowest BCUT2D eigenvalue weighted by Gasteiger charge is -2.05. The standard InChI is InChI=1S/C9H12ClN5S2/c1-12-9(14-6-11)13-2-3-16-5-7-4-8(10)17-15-7/h4H,2-3,5H2,1H3,(H2,12,13,14). The number of hydrogen-bond donors (Lipinski definition) is 2. The monoisotopic (exact) mass is 289 g/mol. The van der Waals surface area contributed by atoms with Gasteiger partial charge in [-0.05, 0) is 17.6 Å². The molecule has 0 fully saturated rings. The fourth-order valence-electron chi connectivity index (χ4n) is 1.00. The molecule has 5 nitrogen and oxygen atoms in total. The number of thioether (sulfide) groups is 1. The van der Waals surface area contributed by atoms with Gasteiger partial charge in [0.05, 0.1) is 5.69 Å². The predicted molar refractivity (Wildman–Crippen MR) is 73.4 cm³/mol. The Kier molecular flexibility index (Phi) is 6.77. The van der Waals surface area contributed by atoms with Gasteiger partial charge in [-0.25, -0.2) is 0 Å². The minimum atomic E-state index is 0.491. The maximum atomic E-state index is 8.41. The molecule has 1 heterocycles. The Bertz CT molecular complexity index is 412. The number of hydrogen-bond acceptors (Lipinski definition) is 5. The lowest BCUT2D eigenvalue weighted by Crippen LogP contribution is -2.35. The van der Waals surface area contributed by atoms with Crippen molar-refractivity contribution in [1.29, 1.82) is 5.26 Å². The maximum absolute atomic E-state index is 8.41. The number of guanidine groups is 1. The van der Waals surface area contributed by atoms with Crippen LogP contribution in [-0.2, 0) is 5.75 Å². The molecule has 0 saturated heterocycles. The van der Waals surface area contributed by atoms with E-state index in [1.807, 2.05) is 12.3 Å². The minimum Gasteiger partial charge on any atom is -0.355 e. The Morgan fingerprint density at radius 1 is 1.76 bits per heavy atom. The number of halogens is 1. The van der Waals surface area contributed by atoms with Crippen molar-refractivity contribution in [2.45, 2.75) is 5.75 Å². The van der Waals surface area contributed by atoms with Gasteiger partial charge in [-0.2, -0.15) is 21.4 Å². The van der Waals surface area contributed by atoms with E-state index in [-0.39, 0.29) is 0 Å². The minimum absolute atomic E-state index is 0.491. The normalized spacial score (nSPS) is 11.0. The van der Waals surface area contributed by atoms with E-state index in [0.717, 1.165) is 28.1 Å². The van der Waals surface area contributed by atoms with Gasteiger partial charge in [0, 0.05) is 25.1 Å². The van der Waals surface area contributed by atoms with E-state index in [1.165, 1.54) is 11.5 Å². The largest absolute Gasteiger partial charge is 0.355 e. The van der Waals surface area contributed by atoms with Crippen LogP contribution < -0.4 is 10.6 Å². The summed E-state index contributed by atoms with van der Waals surface area (Å²) < 4.78 is 4.90. The zero-order chi connectivity index (χ0) is 12.5. The predicted octanol–water partition coefficient (Wildman–Crippen LogP) is 1.68. The van der Waals surface area contributed by atoms with Gasteiger partial charge in [-0.15, -0.1) is 0 Å². The van der Waals surface area contributed by atoms with E-state index >= 15 is 0 Å². The third-order valence-corrected chi connectivity index (χ3v) is 3.64. The zero-order valence-corrected chi connectivity index (χ0v) is 11.6. The smallest absolute Gasteiger partial charge is 0.204 e. The fraction of sp³-hybridized carbons (Fsp3) is 0.444. The molecule has 1 aromatic rings. The van der Waals surface area contributed by atoms with Gasteiger partial charge < -0.3 is 5.32 Å².